The number of nitrogens with one attached hydrogen (secondary N) is 1. The van der Waals surface area contributed by atoms with Crippen molar-refractivity contribution in [1.29, 1.82) is 0 Å². The minimum absolute atomic E-state index is 0.0620. The van der Waals surface area contributed by atoms with Crippen LogP contribution >= 0.6 is 11.6 Å². The van der Waals surface area contributed by atoms with Crippen LogP contribution in [0.5, 0.6) is 11.5 Å². The highest BCUT2D eigenvalue weighted by Gasteiger charge is 2.30. The SMILES string of the molecule is COc1ccc([C@@H](CNC(=O)[C@@H]2Cc3cc(Cl)ccc3O2)N2CCOCC2)cc1. The molecule has 2 heterocycles. The van der Waals surface area contributed by atoms with Crippen LogP contribution in [-0.4, -0.2) is 56.9 Å². The Labute approximate surface area is 175 Å². The second-order valence-corrected chi connectivity index (χ2v) is 7.68. The van der Waals surface area contributed by atoms with Gasteiger partial charge < -0.3 is 19.5 Å². The Hall–Kier alpha value is -2.28. The first-order valence-corrected chi connectivity index (χ1v) is 10.2. The number of nitrogens with zero attached hydrogens (tertiary/aromatic N) is 1. The van der Waals surface area contributed by atoms with Crippen molar-refractivity contribution in [2.24, 2.45) is 0 Å². The van der Waals surface area contributed by atoms with Crippen molar-refractivity contribution in [1.82, 2.24) is 10.2 Å². The molecule has 0 aromatic heterocycles. The summed E-state index contributed by atoms with van der Waals surface area (Å²) in [6, 6.07) is 13.5. The van der Waals surface area contributed by atoms with Crippen LogP contribution in [0.25, 0.3) is 0 Å². The van der Waals surface area contributed by atoms with Crippen LogP contribution in [0.1, 0.15) is 17.2 Å². The van der Waals surface area contributed by atoms with Gasteiger partial charge in [-0.3, -0.25) is 9.69 Å². The highest BCUT2D eigenvalue weighted by Crippen LogP contribution is 2.31. The van der Waals surface area contributed by atoms with Crippen molar-refractivity contribution in [3.63, 3.8) is 0 Å². The van der Waals surface area contributed by atoms with E-state index in [1.807, 2.05) is 24.3 Å². The molecule has 1 saturated heterocycles. The van der Waals surface area contributed by atoms with E-state index in [4.69, 9.17) is 25.8 Å². The van der Waals surface area contributed by atoms with Gasteiger partial charge in [0.05, 0.1) is 26.4 Å². The third kappa shape index (κ3) is 4.66. The number of hydrogen-bond donors (Lipinski definition) is 1. The molecule has 4 rings (SSSR count). The molecule has 2 aromatic rings. The zero-order valence-electron chi connectivity index (χ0n) is 16.4. The quantitative estimate of drug-likeness (QED) is 0.784. The van der Waals surface area contributed by atoms with Gasteiger partial charge >= 0.3 is 0 Å². The molecular formula is C22H25ClN2O4. The molecular weight excluding hydrogens is 392 g/mol. The minimum Gasteiger partial charge on any atom is -0.497 e. The first kappa shape index (κ1) is 20.0. The summed E-state index contributed by atoms with van der Waals surface area (Å²) in [7, 11) is 1.65. The molecule has 0 saturated carbocycles. The van der Waals surface area contributed by atoms with Gasteiger partial charge in [0.15, 0.2) is 6.10 Å². The van der Waals surface area contributed by atoms with Gasteiger partial charge in [0.2, 0.25) is 0 Å². The van der Waals surface area contributed by atoms with Crippen molar-refractivity contribution in [3.05, 3.63) is 58.6 Å². The average molecular weight is 417 g/mol. The number of fused-ring (bicyclic) bond motifs is 1. The lowest BCUT2D eigenvalue weighted by molar-refractivity contribution is -0.127. The minimum atomic E-state index is -0.523. The standard InChI is InChI=1S/C22H25ClN2O4/c1-27-18-5-2-15(3-6-18)19(25-8-10-28-11-9-25)14-24-22(26)21-13-16-12-17(23)4-7-20(16)29-21/h2-7,12,19,21H,8-11,13-14H2,1H3,(H,24,26)/t19-,21+/m1/s1. The number of rotatable bonds is 6. The Kier molecular flexibility index (Phi) is 6.23. The van der Waals surface area contributed by atoms with Crippen LogP contribution in [0, 0.1) is 0 Å². The molecule has 0 radical (unpaired) electrons. The van der Waals surface area contributed by atoms with Gasteiger partial charge in [-0.25, -0.2) is 0 Å². The molecule has 1 N–H and O–H groups in total. The molecule has 2 aromatic carbocycles. The Morgan fingerprint density at radius 1 is 1.24 bits per heavy atom. The van der Waals surface area contributed by atoms with Crippen molar-refractivity contribution in [2.45, 2.75) is 18.6 Å². The van der Waals surface area contributed by atoms with Gasteiger partial charge in [-0.15, -0.1) is 0 Å². The van der Waals surface area contributed by atoms with Gasteiger partial charge in [-0.1, -0.05) is 23.7 Å². The topological polar surface area (TPSA) is 60.0 Å². The zero-order chi connectivity index (χ0) is 20.2. The number of amides is 1. The molecule has 0 spiro atoms. The summed E-state index contributed by atoms with van der Waals surface area (Å²) < 4.78 is 16.6. The van der Waals surface area contributed by atoms with E-state index in [1.165, 1.54) is 0 Å². The first-order chi connectivity index (χ1) is 14.1. The summed E-state index contributed by atoms with van der Waals surface area (Å²) in [5.74, 6) is 1.44. The molecule has 0 aliphatic carbocycles. The Morgan fingerprint density at radius 2 is 2.00 bits per heavy atom. The van der Waals surface area contributed by atoms with E-state index >= 15 is 0 Å². The fourth-order valence-corrected chi connectivity index (χ4v) is 4.04. The van der Waals surface area contributed by atoms with Crippen LogP contribution in [0.3, 0.4) is 0 Å². The summed E-state index contributed by atoms with van der Waals surface area (Å²) in [5, 5.41) is 3.74. The average Bonchev–Trinajstić information content (AvgIpc) is 3.18. The normalized spacial score (nSPS) is 19.9. The monoisotopic (exact) mass is 416 g/mol. The number of carbonyl (C=O) groups is 1. The molecule has 2 aliphatic rings. The van der Waals surface area contributed by atoms with Crippen LogP contribution in [-0.2, 0) is 16.0 Å². The number of halogens is 1. The van der Waals surface area contributed by atoms with E-state index in [9.17, 15) is 4.79 Å². The highest BCUT2D eigenvalue weighted by molar-refractivity contribution is 6.30. The van der Waals surface area contributed by atoms with Gasteiger partial charge in [-0.05, 0) is 41.5 Å². The summed E-state index contributed by atoms with van der Waals surface area (Å²) >= 11 is 6.05. The highest BCUT2D eigenvalue weighted by atomic mass is 35.5. The molecule has 154 valence electrons. The number of carbonyl (C=O) groups excluding carboxylic acids is 1. The zero-order valence-corrected chi connectivity index (χ0v) is 17.2. The Balaban J connectivity index is 1.42. The lowest BCUT2D eigenvalue weighted by Gasteiger charge is -2.35. The lowest BCUT2D eigenvalue weighted by atomic mass is 10.0. The molecule has 29 heavy (non-hydrogen) atoms. The smallest absolute Gasteiger partial charge is 0.261 e. The number of methoxy groups -OCH3 is 1. The van der Waals surface area contributed by atoms with Crippen LogP contribution < -0.4 is 14.8 Å². The summed E-state index contributed by atoms with van der Waals surface area (Å²) in [6.07, 6.45) is 0.0108. The largest absolute Gasteiger partial charge is 0.497 e. The molecule has 6 nitrogen and oxygen atoms in total. The molecule has 1 amide bonds. The van der Waals surface area contributed by atoms with E-state index < -0.39 is 6.10 Å². The molecule has 2 atom stereocenters. The predicted octanol–water partition coefficient (Wildman–Crippen LogP) is 2.84. The second kappa shape index (κ2) is 9.03. The van der Waals surface area contributed by atoms with Crippen molar-refractivity contribution >= 4 is 17.5 Å². The van der Waals surface area contributed by atoms with Gasteiger partial charge in [0.25, 0.3) is 5.91 Å². The van der Waals surface area contributed by atoms with E-state index in [1.54, 1.807) is 13.2 Å². The van der Waals surface area contributed by atoms with Gasteiger partial charge in [-0.2, -0.15) is 0 Å². The Morgan fingerprint density at radius 3 is 2.72 bits per heavy atom. The second-order valence-electron chi connectivity index (χ2n) is 7.25. The summed E-state index contributed by atoms with van der Waals surface area (Å²) in [5.41, 5.74) is 2.10. The van der Waals surface area contributed by atoms with Gasteiger partial charge in [0.1, 0.15) is 11.5 Å². The predicted molar refractivity (Wildman–Crippen MR) is 111 cm³/mol. The van der Waals surface area contributed by atoms with Crippen molar-refractivity contribution < 1.29 is 19.0 Å². The maximum atomic E-state index is 12.8. The molecule has 2 aliphatic heterocycles. The molecule has 0 unspecified atom stereocenters. The summed E-state index contributed by atoms with van der Waals surface area (Å²) in [6.45, 7) is 3.56. The van der Waals surface area contributed by atoms with E-state index in [0.29, 0.717) is 31.2 Å². The van der Waals surface area contributed by atoms with Crippen LogP contribution in [0.2, 0.25) is 5.02 Å². The molecule has 0 bridgehead atoms. The van der Waals surface area contributed by atoms with Crippen molar-refractivity contribution in [2.75, 3.05) is 40.0 Å². The maximum Gasteiger partial charge on any atom is 0.261 e. The number of morpholine rings is 1. The Bertz CT molecular complexity index is 852. The van der Waals surface area contributed by atoms with Gasteiger partial charge in [0, 0.05) is 31.1 Å². The van der Waals surface area contributed by atoms with Crippen LogP contribution in [0.15, 0.2) is 42.5 Å². The lowest BCUT2D eigenvalue weighted by Crippen LogP contribution is -2.46. The summed E-state index contributed by atoms with van der Waals surface area (Å²) in [4.78, 5) is 15.1. The molecule has 7 heteroatoms. The van der Waals surface area contributed by atoms with E-state index in [-0.39, 0.29) is 11.9 Å². The third-order valence-electron chi connectivity index (χ3n) is 5.45. The number of hydrogen-bond acceptors (Lipinski definition) is 5. The first-order valence-electron chi connectivity index (χ1n) is 9.82. The fraction of sp³-hybridized carbons (Fsp3) is 0.409. The maximum absolute atomic E-state index is 12.8. The van der Waals surface area contributed by atoms with Crippen LogP contribution in [0.4, 0.5) is 0 Å². The number of benzene rings is 2. The van der Waals surface area contributed by atoms with E-state index in [0.717, 1.165) is 35.7 Å². The number of ether oxygens (including phenoxy) is 3. The molecule has 1 fully saturated rings. The van der Waals surface area contributed by atoms with Crippen molar-refractivity contribution in [3.8, 4) is 11.5 Å². The van der Waals surface area contributed by atoms with E-state index in [2.05, 4.69) is 22.3 Å². The third-order valence-corrected chi connectivity index (χ3v) is 5.68. The fourth-order valence-electron chi connectivity index (χ4n) is 3.85.